The standard InChI is InChI=1S/C18H23N3/c1-15(12-18(19)20)21(13-16-8-4-2-5-9-16)14-17-10-6-3-7-11-17/h2-11,15H,12-14H2,1H3,(H3,19,20). The molecule has 0 aliphatic heterocycles. The van der Waals surface area contributed by atoms with Crippen molar-refractivity contribution in [2.75, 3.05) is 0 Å². The van der Waals surface area contributed by atoms with Gasteiger partial charge in [-0.2, -0.15) is 0 Å². The Morgan fingerprint density at radius 2 is 1.38 bits per heavy atom. The average molecular weight is 281 g/mol. The summed E-state index contributed by atoms with van der Waals surface area (Å²) in [6, 6.07) is 21.1. The highest BCUT2D eigenvalue weighted by atomic mass is 15.1. The van der Waals surface area contributed by atoms with Crippen LogP contribution in [0, 0.1) is 5.41 Å². The summed E-state index contributed by atoms with van der Waals surface area (Å²) in [5.41, 5.74) is 8.14. The van der Waals surface area contributed by atoms with Gasteiger partial charge in [0.1, 0.15) is 0 Å². The van der Waals surface area contributed by atoms with E-state index in [0.717, 1.165) is 13.1 Å². The van der Waals surface area contributed by atoms with Crippen molar-refractivity contribution in [3.05, 3.63) is 71.8 Å². The van der Waals surface area contributed by atoms with E-state index >= 15 is 0 Å². The van der Waals surface area contributed by atoms with Crippen LogP contribution in [-0.4, -0.2) is 16.8 Å². The van der Waals surface area contributed by atoms with Crippen molar-refractivity contribution in [3.63, 3.8) is 0 Å². The Morgan fingerprint density at radius 3 is 1.76 bits per heavy atom. The van der Waals surface area contributed by atoms with E-state index in [1.165, 1.54) is 11.1 Å². The van der Waals surface area contributed by atoms with Gasteiger partial charge in [-0.3, -0.25) is 10.3 Å². The van der Waals surface area contributed by atoms with Crippen molar-refractivity contribution in [3.8, 4) is 0 Å². The third-order valence-electron chi connectivity index (χ3n) is 3.60. The molecule has 0 bridgehead atoms. The van der Waals surface area contributed by atoms with Crippen molar-refractivity contribution in [1.29, 1.82) is 5.41 Å². The molecule has 3 heteroatoms. The number of benzene rings is 2. The average Bonchev–Trinajstić information content (AvgIpc) is 2.48. The maximum Gasteiger partial charge on any atom is 0.0920 e. The summed E-state index contributed by atoms with van der Waals surface area (Å²) in [5, 5.41) is 7.53. The van der Waals surface area contributed by atoms with Crippen LogP contribution in [0.5, 0.6) is 0 Å². The van der Waals surface area contributed by atoms with Crippen molar-refractivity contribution in [2.24, 2.45) is 5.73 Å². The van der Waals surface area contributed by atoms with Crippen LogP contribution in [0.15, 0.2) is 60.7 Å². The highest BCUT2D eigenvalue weighted by Gasteiger charge is 2.15. The fourth-order valence-electron chi connectivity index (χ4n) is 2.45. The van der Waals surface area contributed by atoms with Gasteiger partial charge in [-0.05, 0) is 18.1 Å². The van der Waals surface area contributed by atoms with E-state index < -0.39 is 0 Å². The van der Waals surface area contributed by atoms with Gasteiger partial charge in [0.05, 0.1) is 5.84 Å². The molecule has 0 amide bonds. The molecular formula is C18H23N3. The zero-order chi connectivity index (χ0) is 15.1. The summed E-state index contributed by atoms with van der Waals surface area (Å²) in [6.45, 7) is 3.86. The lowest BCUT2D eigenvalue weighted by atomic mass is 10.1. The van der Waals surface area contributed by atoms with Crippen LogP contribution in [0.1, 0.15) is 24.5 Å². The quantitative estimate of drug-likeness (QED) is 0.603. The second-order valence-corrected chi connectivity index (χ2v) is 5.45. The third kappa shape index (κ3) is 5.04. The second kappa shape index (κ2) is 7.60. The number of nitrogens with two attached hydrogens (primary N) is 1. The van der Waals surface area contributed by atoms with E-state index in [1.54, 1.807) is 0 Å². The van der Waals surface area contributed by atoms with Crippen LogP contribution in [-0.2, 0) is 13.1 Å². The molecule has 0 aliphatic carbocycles. The Bertz CT molecular complexity index is 510. The highest BCUT2D eigenvalue weighted by Crippen LogP contribution is 2.15. The Balaban J connectivity index is 2.11. The Hall–Kier alpha value is -2.13. The molecule has 2 aromatic rings. The van der Waals surface area contributed by atoms with Gasteiger partial charge in [0, 0.05) is 25.6 Å². The summed E-state index contributed by atoms with van der Waals surface area (Å²) in [4.78, 5) is 2.37. The molecule has 0 fully saturated rings. The topological polar surface area (TPSA) is 53.1 Å². The lowest BCUT2D eigenvalue weighted by Crippen LogP contribution is -2.35. The highest BCUT2D eigenvalue weighted by molar-refractivity contribution is 5.77. The van der Waals surface area contributed by atoms with E-state index in [-0.39, 0.29) is 11.9 Å². The van der Waals surface area contributed by atoms with E-state index in [2.05, 4.69) is 60.4 Å². The first-order chi connectivity index (χ1) is 10.1. The lowest BCUT2D eigenvalue weighted by Gasteiger charge is -2.29. The molecule has 21 heavy (non-hydrogen) atoms. The molecule has 0 radical (unpaired) electrons. The molecule has 0 heterocycles. The third-order valence-corrected chi connectivity index (χ3v) is 3.60. The lowest BCUT2D eigenvalue weighted by molar-refractivity contribution is 0.194. The number of rotatable bonds is 7. The van der Waals surface area contributed by atoms with Crippen molar-refractivity contribution >= 4 is 5.84 Å². The van der Waals surface area contributed by atoms with Gasteiger partial charge in [0.2, 0.25) is 0 Å². The first-order valence-electron chi connectivity index (χ1n) is 7.30. The van der Waals surface area contributed by atoms with Gasteiger partial charge < -0.3 is 5.73 Å². The smallest absolute Gasteiger partial charge is 0.0920 e. The van der Waals surface area contributed by atoms with Gasteiger partial charge in [0.15, 0.2) is 0 Å². The summed E-state index contributed by atoms with van der Waals surface area (Å²) in [5.74, 6) is 0.244. The Labute approximate surface area is 126 Å². The first kappa shape index (κ1) is 15.3. The fraction of sp³-hybridized carbons (Fsp3) is 0.278. The van der Waals surface area contributed by atoms with Crippen LogP contribution < -0.4 is 5.73 Å². The SMILES string of the molecule is CC(CC(=N)N)N(Cc1ccccc1)Cc1ccccc1. The molecule has 1 unspecified atom stereocenters. The summed E-state index contributed by atoms with van der Waals surface area (Å²) in [7, 11) is 0. The molecule has 2 rings (SSSR count). The molecule has 0 saturated carbocycles. The van der Waals surface area contributed by atoms with Gasteiger partial charge in [-0.1, -0.05) is 60.7 Å². The molecular weight excluding hydrogens is 258 g/mol. The van der Waals surface area contributed by atoms with Crippen LogP contribution >= 0.6 is 0 Å². The molecule has 110 valence electrons. The summed E-state index contributed by atoms with van der Waals surface area (Å²) in [6.07, 6.45) is 0.597. The molecule has 0 spiro atoms. The Morgan fingerprint density at radius 1 is 0.952 bits per heavy atom. The van der Waals surface area contributed by atoms with Crippen LogP contribution in [0.2, 0.25) is 0 Å². The molecule has 0 saturated heterocycles. The maximum absolute atomic E-state index is 7.53. The summed E-state index contributed by atoms with van der Waals surface area (Å²) < 4.78 is 0. The monoisotopic (exact) mass is 281 g/mol. The van der Waals surface area contributed by atoms with Crippen molar-refractivity contribution in [1.82, 2.24) is 4.90 Å². The molecule has 3 nitrogen and oxygen atoms in total. The molecule has 0 aromatic heterocycles. The number of hydrogen-bond acceptors (Lipinski definition) is 2. The number of nitrogens with one attached hydrogen (secondary N) is 1. The zero-order valence-electron chi connectivity index (χ0n) is 12.5. The molecule has 2 aromatic carbocycles. The van der Waals surface area contributed by atoms with Gasteiger partial charge >= 0.3 is 0 Å². The zero-order valence-corrected chi connectivity index (χ0v) is 12.5. The maximum atomic E-state index is 7.53. The first-order valence-corrected chi connectivity index (χ1v) is 7.30. The van der Waals surface area contributed by atoms with Crippen LogP contribution in [0.25, 0.3) is 0 Å². The predicted octanol–water partition coefficient (Wildman–Crippen LogP) is 3.40. The summed E-state index contributed by atoms with van der Waals surface area (Å²) >= 11 is 0. The minimum Gasteiger partial charge on any atom is -0.388 e. The molecule has 1 atom stereocenters. The van der Waals surface area contributed by atoms with Gasteiger partial charge in [-0.25, -0.2) is 0 Å². The van der Waals surface area contributed by atoms with E-state index in [0.29, 0.717) is 6.42 Å². The second-order valence-electron chi connectivity index (χ2n) is 5.45. The van der Waals surface area contributed by atoms with E-state index in [4.69, 9.17) is 11.1 Å². The number of amidine groups is 1. The minimum atomic E-state index is 0.239. The van der Waals surface area contributed by atoms with Gasteiger partial charge in [-0.15, -0.1) is 0 Å². The minimum absolute atomic E-state index is 0.239. The fourth-order valence-corrected chi connectivity index (χ4v) is 2.45. The largest absolute Gasteiger partial charge is 0.388 e. The normalized spacial score (nSPS) is 12.3. The number of hydrogen-bond donors (Lipinski definition) is 2. The van der Waals surface area contributed by atoms with E-state index in [9.17, 15) is 0 Å². The predicted molar refractivity (Wildman–Crippen MR) is 88.1 cm³/mol. The van der Waals surface area contributed by atoms with Crippen molar-refractivity contribution in [2.45, 2.75) is 32.5 Å². The number of nitrogens with zero attached hydrogens (tertiary/aromatic N) is 1. The Kier molecular flexibility index (Phi) is 5.52. The van der Waals surface area contributed by atoms with Crippen LogP contribution in [0.3, 0.4) is 0 Å². The van der Waals surface area contributed by atoms with E-state index in [1.807, 2.05) is 12.1 Å². The molecule has 3 N–H and O–H groups in total. The molecule has 0 aliphatic rings. The van der Waals surface area contributed by atoms with Gasteiger partial charge in [0.25, 0.3) is 0 Å². The van der Waals surface area contributed by atoms with Crippen LogP contribution in [0.4, 0.5) is 0 Å². The van der Waals surface area contributed by atoms with Crippen molar-refractivity contribution < 1.29 is 0 Å².